The number of rotatable bonds is 2. The minimum absolute atomic E-state index is 0.0308. The Balaban J connectivity index is 1.74. The molecule has 1 aliphatic heterocycles. The molecule has 1 aliphatic carbocycles. The maximum absolute atomic E-state index is 13.3. The minimum Gasteiger partial charge on any atom is -0.354 e. The molecule has 24 heavy (non-hydrogen) atoms. The van der Waals surface area contributed by atoms with Gasteiger partial charge in [-0.15, -0.1) is 11.3 Å². The monoisotopic (exact) mass is 343 g/mol. The summed E-state index contributed by atoms with van der Waals surface area (Å²) in [5, 5.41) is 3.87. The molecular weight excluding hydrogens is 322 g/mol. The third kappa shape index (κ3) is 2.75. The summed E-state index contributed by atoms with van der Waals surface area (Å²) in [7, 11) is 0. The first-order chi connectivity index (χ1) is 11.7. The van der Waals surface area contributed by atoms with E-state index in [1.54, 1.807) is 11.3 Å². The summed E-state index contributed by atoms with van der Waals surface area (Å²) in [6.07, 6.45) is 8.80. The van der Waals surface area contributed by atoms with Crippen LogP contribution in [0.2, 0.25) is 0 Å². The number of aryl methyl sites for hydroxylation is 1. The van der Waals surface area contributed by atoms with Crippen LogP contribution in [0, 0.1) is 0 Å². The van der Waals surface area contributed by atoms with E-state index in [0.29, 0.717) is 26.1 Å². The van der Waals surface area contributed by atoms with E-state index in [1.165, 1.54) is 16.9 Å². The van der Waals surface area contributed by atoms with Gasteiger partial charge in [0.05, 0.1) is 5.56 Å². The topological polar surface area (TPSA) is 54.3 Å². The Bertz CT molecular complexity index is 764. The molecule has 2 aromatic rings. The van der Waals surface area contributed by atoms with Crippen molar-refractivity contribution in [1.29, 1.82) is 0 Å². The molecule has 2 amide bonds. The van der Waals surface area contributed by atoms with E-state index in [0.717, 1.165) is 29.8 Å². The fourth-order valence-corrected chi connectivity index (χ4v) is 4.90. The number of carbonyl (C=O) groups is 2. The lowest BCUT2D eigenvalue weighted by Crippen LogP contribution is -2.35. The average Bonchev–Trinajstić information content (AvgIpc) is 3.19. The van der Waals surface area contributed by atoms with E-state index in [-0.39, 0.29) is 11.8 Å². The maximum atomic E-state index is 13.3. The molecule has 0 atom stereocenters. The highest BCUT2D eigenvalue weighted by atomic mass is 32.1. The minimum atomic E-state index is 0.0308. The third-order valence-corrected chi connectivity index (χ3v) is 6.11. The summed E-state index contributed by atoms with van der Waals surface area (Å²) in [6.45, 7) is 1.62. The third-order valence-electron chi connectivity index (χ3n) is 4.81. The summed E-state index contributed by atoms with van der Waals surface area (Å²) in [5.74, 6) is 0.109. The van der Waals surface area contributed by atoms with Crippen LogP contribution in [0.1, 0.15) is 40.1 Å². The van der Waals surface area contributed by atoms with Crippen LogP contribution in [0.15, 0.2) is 24.5 Å². The van der Waals surface area contributed by atoms with Gasteiger partial charge in [-0.1, -0.05) is 0 Å². The lowest BCUT2D eigenvalue weighted by molar-refractivity contribution is -0.120. The van der Waals surface area contributed by atoms with Gasteiger partial charge in [-0.3, -0.25) is 9.59 Å². The van der Waals surface area contributed by atoms with Gasteiger partial charge in [-0.05, 0) is 43.4 Å². The van der Waals surface area contributed by atoms with Gasteiger partial charge < -0.3 is 14.8 Å². The van der Waals surface area contributed by atoms with E-state index >= 15 is 0 Å². The fourth-order valence-electron chi connectivity index (χ4n) is 3.55. The van der Waals surface area contributed by atoms with E-state index < -0.39 is 0 Å². The van der Waals surface area contributed by atoms with Crippen LogP contribution in [0.5, 0.6) is 0 Å². The van der Waals surface area contributed by atoms with Crippen LogP contribution in [0.25, 0.3) is 5.00 Å². The van der Waals surface area contributed by atoms with Crippen LogP contribution >= 0.6 is 11.3 Å². The normalized spacial score (nSPS) is 18.0. The van der Waals surface area contributed by atoms with Crippen LogP contribution in [-0.2, 0) is 17.6 Å². The second-order valence-corrected chi connectivity index (χ2v) is 7.46. The zero-order chi connectivity index (χ0) is 16.5. The first-order valence-corrected chi connectivity index (χ1v) is 9.39. The number of aromatic nitrogens is 1. The Morgan fingerprint density at radius 3 is 2.71 bits per heavy atom. The van der Waals surface area contributed by atoms with Crippen molar-refractivity contribution in [2.24, 2.45) is 0 Å². The molecule has 2 aromatic heterocycles. The van der Waals surface area contributed by atoms with Crippen molar-refractivity contribution >= 4 is 23.2 Å². The number of hydrogen-bond acceptors (Lipinski definition) is 3. The summed E-state index contributed by atoms with van der Waals surface area (Å²) >= 11 is 1.75. The molecule has 1 fully saturated rings. The number of nitrogens with zero attached hydrogens (tertiary/aromatic N) is 2. The van der Waals surface area contributed by atoms with Crippen molar-refractivity contribution in [3.8, 4) is 5.00 Å². The highest BCUT2D eigenvalue weighted by Crippen LogP contribution is 2.37. The lowest BCUT2D eigenvalue weighted by Gasteiger charge is -2.22. The van der Waals surface area contributed by atoms with Crippen molar-refractivity contribution in [3.05, 3.63) is 40.5 Å². The zero-order valence-electron chi connectivity index (χ0n) is 13.6. The number of fused-ring (bicyclic) bond motifs is 1. The van der Waals surface area contributed by atoms with Crippen molar-refractivity contribution in [3.63, 3.8) is 0 Å². The first-order valence-electron chi connectivity index (χ1n) is 8.58. The van der Waals surface area contributed by atoms with Gasteiger partial charge in [0.2, 0.25) is 5.91 Å². The number of nitrogens with one attached hydrogen (secondary N) is 1. The molecule has 4 rings (SSSR count). The number of hydrogen-bond donors (Lipinski definition) is 1. The van der Waals surface area contributed by atoms with Crippen molar-refractivity contribution in [2.45, 2.75) is 32.1 Å². The smallest absolute Gasteiger partial charge is 0.257 e. The maximum Gasteiger partial charge on any atom is 0.257 e. The van der Waals surface area contributed by atoms with Crippen LogP contribution in [-0.4, -0.2) is 40.9 Å². The SMILES string of the molecule is O=C1CCN(C(=O)c2c(-n3cccc3)sc3c2CCCC3)CCN1. The Labute approximate surface area is 145 Å². The zero-order valence-corrected chi connectivity index (χ0v) is 14.4. The van der Waals surface area contributed by atoms with Crippen LogP contribution in [0.4, 0.5) is 0 Å². The molecule has 5 nitrogen and oxygen atoms in total. The highest BCUT2D eigenvalue weighted by molar-refractivity contribution is 7.15. The predicted molar refractivity (Wildman–Crippen MR) is 93.8 cm³/mol. The predicted octanol–water partition coefficient (Wildman–Crippen LogP) is 2.38. The van der Waals surface area contributed by atoms with Gasteiger partial charge in [0, 0.05) is 43.3 Å². The molecule has 0 bridgehead atoms. The van der Waals surface area contributed by atoms with Gasteiger partial charge >= 0.3 is 0 Å². The van der Waals surface area contributed by atoms with Crippen LogP contribution in [0.3, 0.4) is 0 Å². The molecule has 3 heterocycles. The van der Waals surface area contributed by atoms with Gasteiger partial charge in [-0.25, -0.2) is 0 Å². The van der Waals surface area contributed by atoms with Gasteiger partial charge in [0.15, 0.2) is 0 Å². The molecule has 1 N–H and O–H groups in total. The molecule has 2 aliphatic rings. The molecule has 1 saturated heterocycles. The summed E-state index contributed by atoms with van der Waals surface area (Å²) in [6, 6.07) is 3.98. The molecule has 0 unspecified atom stereocenters. The van der Waals surface area contributed by atoms with E-state index in [4.69, 9.17) is 0 Å². The standard InChI is InChI=1S/C18H21N3O2S/c22-15-7-11-20(12-8-19-15)17(23)16-13-5-1-2-6-14(13)24-18(16)21-9-3-4-10-21/h3-4,9-10H,1-2,5-8,11-12H2,(H,19,22). The number of amides is 2. The Morgan fingerprint density at radius 2 is 1.88 bits per heavy atom. The second-order valence-electron chi connectivity index (χ2n) is 6.37. The average molecular weight is 343 g/mol. The Morgan fingerprint density at radius 1 is 1.08 bits per heavy atom. The first kappa shape index (κ1) is 15.4. The summed E-state index contributed by atoms with van der Waals surface area (Å²) < 4.78 is 2.05. The van der Waals surface area contributed by atoms with E-state index in [1.807, 2.05) is 29.4 Å². The number of thiophene rings is 1. The fraction of sp³-hybridized carbons (Fsp3) is 0.444. The van der Waals surface area contributed by atoms with E-state index in [2.05, 4.69) is 9.88 Å². The Kier molecular flexibility index (Phi) is 4.14. The van der Waals surface area contributed by atoms with Crippen LogP contribution < -0.4 is 5.32 Å². The largest absolute Gasteiger partial charge is 0.354 e. The molecule has 0 radical (unpaired) electrons. The summed E-state index contributed by atoms with van der Waals surface area (Å²) in [4.78, 5) is 28.1. The van der Waals surface area contributed by atoms with Crippen molar-refractivity contribution in [2.75, 3.05) is 19.6 Å². The molecule has 126 valence electrons. The Hall–Kier alpha value is -2.08. The second kappa shape index (κ2) is 6.43. The molecule has 0 spiro atoms. The lowest BCUT2D eigenvalue weighted by atomic mass is 9.95. The quantitative estimate of drug-likeness (QED) is 0.910. The summed E-state index contributed by atoms with van der Waals surface area (Å²) in [5.41, 5.74) is 2.10. The van der Waals surface area contributed by atoms with Gasteiger partial charge in [0.25, 0.3) is 5.91 Å². The van der Waals surface area contributed by atoms with Crippen molar-refractivity contribution in [1.82, 2.24) is 14.8 Å². The molecule has 6 heteroatoms. The molecule has 0 aromatic carbocycles. The highest BCUT2D eigenvalue weighted by Gasteiger charge is 2.29. The van der Waals surface area contributed by atoms with Crippen molar-refractivity contribution < 1.29 is 9.59 Å². The van der Waals surface area contributed by atoms with Gasteiger partial charge in [-0.2, -0.15) is 0 Å². The molecular formula is C18H21N3O2S. The number of carbonyl (C=O) groups excluding carboxylic acids is 2. The van der Waals surface area contributed by atoms with E-state index in [9.17, 15) is 9.59 Å². The molecule has 0 saturated carbocycles. The van der Waals surface area contributed by atoms with Gasteiger partial charge in [0.1, 0.15) is 5.00 Å².